The number of aryl methyl sites for hydroxylation is 2. The Hall–Kier alpha value is -3.73. The molecule has 0 radical (unpaired) electrons. The number of hydrogen-bond donors (Lipinski definition) is 2. The molecule has 0 fully saturated rings. The van der Waals surface area contributed by atoms with E-state index >= 15 is 0 Å². The fraction of sp³-hybridized carbons (Fsp3) is 0.0870. The average Bonchev–Trinajstić information content (AvgIpc) is 2.71. The molecule has 140 valence electrons. The van der Waals surface area contributed by atoms with Gasteiger partial charge in [0.15, 0.2) is 0 Å². The fourth-order valence-electron chi connectivity index (χ4n) is 2.59. The molecule has 0 saturated carbocycles. The first-order valence-corrected chi connectivity index (χ1v) is 8.97. The van der Waals surface area contributed by atoms with Gasteiger partial charge in [0.1, 0.15) is 0 Å². The molecule has 0 spiro atoms. The van der Waals surface area contributed by atoms with Crippen LogP contribution in [-0.2, 0) is 0 Å². The van der Waals surface area contributed by atoms with Crippen LogP contribution >= 0.6 is 0 Å². The minimum atomic E-state index is -0.281. The van der Waals surface area contributed by atoms with Gasteiger partial charge in [-0.05, 0) is 54.3 Å². The lowest BCUT2D eigenvalue weighted by Crippen LogP contribution is -2.17. The van der Waals surface area contributed by atoms with Gasteiger partial charge in [0.05, 0.1) is 18.1 Å². The van der Waals surface area contributed by atoms with E-state index in [0.29, 0.717) is 5.56 Å². The highest BCUT2D eigenvalue weighted by Crippen LogP contribution is 2.11. The molecule has 0 aliphatic rings. The highest BCUT2D eigenvalue weighted by Gasteiger charge is 2.05. The van der Waals surface area contributed by atoms with Crippen LogP contribution in [0.3, 0.4) is 0 Å². The van der Waals surface area contributed by atoms with E-state index in [-0.39, 0.29) is 5.91 Å². The lowest BCUT2D eigenvalue weighted by atomic mass is 10.1. The number of nitrogens with one attached hydrogen (secondary N) is 2. The highest BCUT2D eigenvalue weighted by molar-refractivity contribution is 5.95. The van der Waals surface area contributed by atoms with Crippen molar-refractivity contribution >= 4 is 24.0 Å². The van der Waals surface area contributed by atoms with Crippen LogP contribution in [0.2, 0.25) is 0 Å². The Morgan fingerprint density at radius 1 is 0.786 bits per heavy atom. The molecule has 0 heterocycles. The summed E-state index contributed by atoms with van der Waals surface area (Å²) in [5.74, 6) is -0.281. The zero-order valence-corrected chi connectivity index (χ0v) is 15.9. The number of hydrazone groups is 2. The molecule has 0 saturated heterocycles. The van der Waals surface area contributed by atoms with Crippen LogP contribution in [0.4, 0.5) is 5.69 Å². The van der Waals surface area contributed by atoms with Crippen molar-refractivity contribution in [1.82, 2.24) is 5.43 Å². The second-order valence-corrected chi connectivity index (χ2v) is 6.36. The van der Waals surface area contributed by atoms with Gasteiger partial charge in [-0.2, -0.15) is 10.2 Å². The number of nitrogens with zero attached hydrogens (tertiary/aromatic N) is 2. The zero-order chi connectivity index (χ0) is 19.8. The Bertz CT molecular complexity index is 1020. The number of hydrogen-bond acceptors (Lipinski definition) is 4. The van der Waals surface area contributed by atoms with Gasteiger partial charge in [0.2, 0.25) is 0 Å². The van der Waals surface area contributed by atoms with E-state index in [1.807, 2.05) is 68.4 Å². The van der Waals surface area contributed by atoms with Crippen molar-refractivity contribution in [3.8, 4) is 0 Å². The van der Waals surface area contributed by atoms with Crippen LogP contribution in [0.1, 0.15) is 32.6 Å². The summed E-state index contributed by atoms with van der Waals surface area (Å²) in [6.45, 7) is 4.03. The summed E-state index contributed by atoms with van der Waals surface area (Å²) in [7, 11) is 0. The van der Waals surface area contributed by atoms with Gasteiger partial charge in [-0.15, -0.1) is 0 Å². The lowest BCUT2D eigenvalue weighted by molar-refractivity contribution is 0.0955. The molecular formula is C23H22N4O. The topological polar surface area (TPSA) is 65.8 Å². The van der Waals surface area contributed by atoms with Crippen molar-refractivity contribution < 1.29 is 4.79 Å². The van der Waals surface area contributed by atoms with E-state index in [4.69, 9.17) is 0 Å². The molecule has 5 heteroatoms. The highest BCUT2D eigenvalue weighted by atomic mass is 16.2. The van der Waals surface area contributed by atoms with E-state index in [0.717, 1.165) is 27.9 Å². The Kier molecular flexibility index (Phi) is 6.31. The number of carbonyl (C=O) groups is 1. The largest absolute Gasteiger partial charge is 0.278 e. The summed E-state index contributed by atoms with van der Waals surface area (Å²) in [4.78, 5) is 12.3. The van der Waals surface area contributed by atoms with Crippen LogP contribution in [-0.4, -0.2) is 18.3 Å². The molecule has 0 bridgehead atoms. The monoisotopic (exact) mass is 370 g/mol. The lowest BCUT2D eigenvalue weighted by Gasteiger charge is -2.04. The van der Waals surface area contributed by atoms with Crippen molar-refractivity contribution in [2.45, 2.75) is 13.8 Å². The molecule has 28 heavy (non-hydrogen) atoms. The molecule has 0 atom stereocenters. The van der Waals surface area contributed by atoms with Crippen LogP contribution in [0.5, 0.6) is 0 Å². The van der Waals surface area contributed by atoms with Crippen LogP contribution in [0.15, 0.2) is 83.0 Å². The maximum atomic E-state index is 12.3. The average molecular weight is 370 g/mol. The van der Waals surface area contributed by atoms with Crippen molar-refractivity contribution in [2.75, 3.05) is 5.43 Å². The Morgan fingerprint density at radius 2 is 1.39 bits per heavy atom. The van der Waals surface area contributed by atoms with Gasteiger partial charge in [0.25, 0.3) is 5.91 Å². The number of anilines is 1. The maximum Gasteiger partial charge on any atom is 0.271 e. The van der Waals surface area contributed by atoms with Crippen molar-refractivity contribution in [3.05, 3.63) is 101 Å². The maximum absolute atomic E-state index is 12.3. The molecule has 2 N–H and O–H groups in total. The summed E-state index contributed by atoms with van der Waals surface area (Å²) in [5.41, 5.74) is 11.0. The molecule has 0 unspecified atom stereocenters. The summed E-state index contributed by atoms with van der Waals surface area (Å²) in [6, 6.07) is 22.9. The smallest absolute Gasteiger partial charge is 0.271 e. The fourth-order valence-corrected chi connectivity index (χ4v) is 2.59. The second-order valence-electron chi connectivity index (χ2n) is 6.36. The number of rotatable bonds is 6. The van der Waals surface area contributed by atoms with E-state index in [9.17, 15) is 4.79 Å². The second kappa shape index (κ2) is 9.28. The first-order chi connectivity index (χ1) is 13.6. The standard InChI is InChI=1S/C23H22N4O/c1-17-8-3-5-10-20(17)15-24-26-22-13-7-12-19(14-22)23(28)27-25-16-21-11-6-4-9-18(21)2/h3-16,26H,1-2H3,(H,27,28)/b24-15+,25-16+. The number of benzene rings is 3. The normalized spacial score (nSPS) is 11.1. The Labute approximate surface area is 164 Å². The van der Waals surface area contributed by atoms with Gasteiger partial charge in [-0.3, -0.25) is 10.2 Å². The van der Waals surface area contributed by atoms with Crippen LogP contribution in [0.25, 0.3) is 0 Å². The van der Waals surface area contributed by atoms with Crippen molar-refractivity contribution in [3.63, 3.8) is 0 Å². The van der Waals surface area contributed by atoms with Gasteiger partial charge < -0.3 is 0 Å². The number of carbonyl (C=O) groups excluding carboxylic acids is 1. The van der Waals surface area contributed by atoms with Gasteiger partial charge >= 0.3 is 0 Å². The third-order valence-corrected chi connectivity index (χ3v) is 4.27. The molecule has 1 amide bonds. The molecule has 0 aliphatic heterocycles. The van der Waals surface area contributed by atoms with Crippen LogP contribution < -0.4 is 10.9 Å². The molecule has 0 aliphatic carbocycles. The summed E-state index contributed by atoms with van der Waals surface area (Å²) >= 11 is 0. The minimum Gasteiger partial charge on any atom is -0.278 e. The molecule has 3 aromatic rings. The summed E-state index contributed by atoms with van der Waals surface area (Å²) in [6.07, 6.45) is 3.40. The summed E-state index contributed by atoms with van der Waals surface area (Å²) < 4.78 is 0. The molecule has 3 rings (SSSR count). The third-order valence-electron chi connectivity index (χ3n) is 4.27. The van der Waals surface area contributed by atoms with E-state index in [1.165, 1.54) is 0 Å². The first-order valence-electron chi connectivity index (χ1n) is 8.97. The van der Waals surface area contributed by atoms with Gasteiger partial charge in [-0.1, -0.05) is 54.6 Å². The minimum absolute atomic E-state index is 0.281. The predicted molar refractivity (Wildman–Crippen MR) is 115 cm³/mol. The van der Waals surface area contributed by atoms with Gasteiger partial charge in [-0.25, -0.2) is 5.43 Å². The quantitative estimate of drug-likeness (QED) is 0.495. The molecule has 5 nitrogen and oxygen atoms in total. The van der Waals surface area contributed by atoms with Crippen molar-refractivity contribution in [2.24, 2.45) is 10.2 Å². The van der Waals surface area contributed by atoms with Crippen LogP contribution in [0, 0.1) is 13.8 Å². The summed E-state index contributed by atoms with van der Waals surface area (Å²) in [5, 5.41) is 8.29. The van der Waals surface area contributed by atoms with E-state index in [1.54, 1.807) is 30.6 Å². The SMILES string of the molecule is Cc1ccccc1/C=N/NC(=O)c1cccc(N/N=C/c2ccccc2C)c1. The van der Waals surface area contributed by atoms with E-state index < -0.39 is 0 Å². The Balaban J connectivity index is 1.61. The van der Waals surface area contributed by atoms with Gasteiger partial charge in [0, 0.05) is 5.56 Å². The number of amides is 1. The molecule has 0 aromatic heterocycles. The third kappa shape index (κ3) is 5.14. The van der Waals surface area contributed by atoms with Crippen molar-refractivity contribution in [1.29, 1.82) is 0 Å². The first kappa shape index (κ1) is 19.0. The predicted octanol–water partition coefficient (Wildman–Crippen LogP) is 4.51. The molecular weight excluding hydrogens is 348 g/mol. The Morgan fingerprint density at radius 3 is 2.04 bits per heavy atom. The van der Waals surface area contributed by atoms with E-state index in [2.05, 4.69) is 21.1 Å². The molecule has 3 aromatic carbocycles. The zero-order valence-electron chi connectivity index (χ0n) is 15.9.